The molecule has 90 valence electrons. The molecule has 0 atom stereocenters. The molecule has 0 spiro atoms. The quantitative estimate of drug-likeness (QED) is 0.875. The van der Waals surface area contributed by atoms with Crippen LogP contribution in [-0.2, 0) is 0 Å². The van der Waals surface area contributed by atoms with Gasteiger partial charge in [0.05, 0.1) is 5.52 Å². The molecule has 0 unspecified atom stereocenters. The summed E-state index contributed by atoms with van der Waals surface area (Å²) in [4.78, 5) is 4.59. The van der Waals surface area contributed by atoms with Gasteiger partial charge in [-0.05, 0) is 44.0 Å². The van der Waals surface area contributed by atoms with E-state index >= 15 is 0 Å². The van der Waals surface area contributed by atoms with Crippen LogP contribution >= 0.6 is 11.6 Å². The molecular weight excluding hydrogens is 232 g/mol. The molecule has 0 aliphatic carbocycles. The van der Waals surface area contributed by atoms with Crippen LogP contribution in [-0.4, -0.2) is 11.5 Å². The van der Waals surface area contributed by atoms with Crippen molar-refractivity contribution >= 4 is 28.2 Å². The van der Waals surface area contributed by atoms with Crippen LogP contribution in [0.4, 0.5) is 5.69 Å². The van der Waals surface area contributed by atoms with E-state index in [4.69, 9.17) is 11.6 Å². The molecule has 3 heteroatoms. The van der Waals surface area contributed by atoms with Crippen molar-refractivity contribution in [3.8, 4) is 0 Å². The molecule has 2 rings (SSSR count). The van der Waals surface area contributed by atoms with Crippen LogP contribution in [0.5, 0.6) is 0 Å². The van der Waals surface area contributed by atoms with Crippen molar-refractivity contribution in [3.63, 3.8) is 0 Å². The summed E-state index contributed by atoms with van der Waals surface area (Å²) < 4.78 is 0. The van der Waals surface area contributed by atoms with Crippen molar-refractivity contribution in [1.82, 2.24) is 4.98 Å². The number of fused-ring (bicyclic) bond motifs is 1. The number of nitrogens with zero attached hydrogens (tertiary/aromatic N) is 1. The minimum Gasteiger partial charge on any atom is -0.384 e. The van der Waals surface area contributed by atoms with Crippen molar-refractivity contribution in [3.05, 3.63) is 34.5 Å². The first-order chi connectivity index (χ1) is 8.13. The van der Waals surface area contributed by atoms with Gasteiger partial charge in [0, 0.05) is 28.3 Å². The Kier molecular flexibility index (Phi) is 3.53. The predicted molar refractivity (Wildman–Crippen MR) is 75.0 cm³/mol. The van der Waals surface area contributed by atoms with Crippen molar-refractivity contribution < 1.29 is 0 Å². The molecule has 0 fully saturated rings. The summed E-state index contributed by atoms with van der Waals surface area (Å²) in [5.74, 6) is 0. The Morgan fingerprint density at radius 3 is 2.76 bits per heavy atom. The van der Waals surface area contributed by atoms with Gasteiger partial charge in [-0.3, -0.25) is 4.98 Å². The zero-order chi connectivity index (χ0) is 12.4. The standard InChI is InChI=1S/C14H17ClN2/c1-4-7-16-14-9(2)10(3)17-13-6-5-11(15)8-12(13)14/h5-6,8H,4,7H2,1-3H3,(H,16,17). The Hall–Kier alpha value is -1.28. The van der Waals surface area contributed by atoms with E-state index in [-0.39, 0.29) is 0 Å². The Balaban J connectivity index is 2.66. The third kappa shape index (κ3) is 2.37. The van der Waals surface area contributed by atoms with E-state index in [9.17, 15) is 0 Å². The first kappa shape index (κ1) is 12.2. The summed E-state index contributed by atoms with van der Waals surface area (Å²) in [7, 11) is 0. The maximum atomic E-state index is 6.06. The number of nitrogens with one attached hydrogen (secondary N) is 1. The number of hydrogen-bond donors (Lipinski definition) is 1. The third-order valence-corrected chi connectivity index (χ3v) is 3.22. The van der Waals surface area contributed by atoms with E-state index in [1.54, 1.807) is 0 Å². The number of pyridine rings is 1. The van der Waals surface area contributed by atoms with Crippen LogP contribution in [0, 0.1) is 13.8 Å². The summed E-state index contributed by atoms with van der Waals surface area (Å²) >= 11 is 6.06. The van der Waals surface area contributed by atoms with E-state index in [0.717, 1.165) is 40.3 Å². The van der Waals surface area contributed by atoms with Crippen molar-refractivity contribution in [2.24, 2.45) is 0 Å². The summed E-state index contributed by atoms with van der Waals surface area (Å²) in [6, 6.07) is 5.84. The monoisotopic (exact) mass is 248 g/mol. The Bertz CT molecular complexity index is 549. The SMILES string of the molecule is CCCNc1c(C)c(C)nc2ccc(Cl)cc12. The average Bonchev–Trinajstić information content (AvgIpc) is 2.31. The lowest BCUT2D eigenvalue weighted by molar-refractivity contribution is 0.977. The maximum absolute atomic E-state index is 6.06. The highest BCUT2D eigenvalue weighted by atomic mass is 35.5. The molecule has 2 nitrogen and oxygen atoms in total. The molecule has 0 aliphatic heterocycles. The lowest BCUT2D eigenvalue weighted by Gasteiger charge is -2.14. The predicted octanol–water partition coefficient (Wildman–Crippen LogP) is 4.33. The van der Waals surface area contributed by atoms with Gasteiger partial charge in [0.2, 0.25) is 0 Å². The number of halogens is 1. The van der Waals surface area contributed by atoms with Crippen LogP contribution in [0.1, 0.15) is 24.6 Å². The largest absolute Gasteiger partial charge is 0.384 e. The van der Waals surface area contributed by atoms with Gasteiger partial charge in [0.1, 0.15) is 0 Å². The summed E-state index contributed by atoms with van der Waals surface area (Å²) in [6.45, 7) is 7.26. The molecule has 0 saturated carbocycles. The minimum atomic E-state index is 0.752. The Labute approximate surface area is 107 Å². The molecule has 1 N–H and O–H groups in total. The van der Waals surface area contributed by atoms with E-state index in [2.05, 4.69) is 24.1 Å². The van der Waals surface area contributed by atoms with Crippen LogP contribution in [0.25, 0.3) is 10.9 Å². The van der Waals surface area contributed by atoms with Crippen LogP contribution < -0.4 is 5.32 Å². The van der Waals surface area contributed by atoms with Gasteiger partial charge in [-0.15, -0.1) is 0 Å². The van der Waals surface area contributed by atoms with E-state index < -0.39 is 0 Å². The average molecular weight is 249 g/mol. The highest BCUT2D eigenvalue weighted by molar-refractivity contribution is 6.31. The molecule has 0 bridgehead atoms. The van der Waals surface area contributed by atoms with E-state index in [1.807, 2.05) is 25.1 Å². The smallest absolute Gasteiger partial charge is 0.0727 e. The molecule has 1 aromatic heterocycles. The zero-order valence-corrected chi connectivity index (χ0v) is 11.2. The third-order valence-electron chi connectivity index (χ3n) is 2.99. The molecule has 0 saturated heterocycles. The van der Waals surface area contributed by atoms with Crippen molar-refractivity contribution in [1.29, 1.82) is 0 Å². The maximum Gasteiger partial charge on any atom is 0.0727 e. The van der Waals surface area contributed by atoms with Crippen LogP contribution in [0.3, 0.4) is 0 Å². The summed E-state index contributed by atoms with van der Waals surface area (Å²) in [5.41, 5.74) is 4.43. The number of benzene rings is 1. The second kappa shape index (κ2) is 4.92. The van der Waals surface area contributed by atoms with Gasteiger partial charge in [0.15, 0.2) is 0 Å². The fourth-order valence-electron chi connectivity index (χ4n) is 1.93. The van der Waals surface area contributed by atoms with E-state index in [0.29, 0.717) is 0 Å². The normalized spacial score (nSPS) is 10.8. The molecule has 1 heterocycles. The molecule has 1 aromatic carbocycles. The molecule has 0 aliphatic rings. The summed E-state index contributed by atoms with van der Waals surface area (Å²) in [6.07, 6.45) is 1.10. The van der Waals surface area contributed by atoms with Gasteiger partial charge < -0.3 is 5.32 Å². The zero-order valence-electron chi connectivity index (χ0n) is 10.5. The topological polar surface area (TPSA) is 24.9 Å². The lowest BCUT2D eigenvalue weighted by Crippen LogP contribution is -2.04. The van der Waals surface area contributed by atoms with Gasteiger partial charge >= 0.3 is 0 Å². The molecule has 0 amide bonds. The van der Waals surface area contributed by atoms with Crippen molar-refractivity contribution in [2.45, 2.75) is 27.2 Å². The van der Waals surface area contributed by atoms with Crippen LogP contribution in [0.2, 0.25) is 5.02 Å². The second-order valence-electron chi connectivity index (χ2n) is 4.29. The molecular formula is C14H17ClN2. The first-order valence-electron chi connectivity index (χ1n) is 5.93. The number of anilines is 1. The van der Waals surface area contributed by atoms with Crippen molar-refractivity contribution in [2.75, 3.05) is 11.9 Å². The Morgan fingerprint density at radius 1 is 1.29 bits per heavy atom. The number of hydrogen-bond acceptors (Lipinski definition) is 2. The Morgan fingerprint density at radius 2 is 2.06 bits per heavy atom. The fraction of sp³-hybridized carbons (Fsp3) is 0.357. The second-order valence-corrected chi connectivity index (χ2v) is 4.72. The number of aromatic nitrogens is 1. The summed E-state index contributed by atoms with van der Waals surface area (Å²) in [5, 5.41) is 5.33. The van der Waals surface area contributed by atoms with Gasteiger partial charge in [0.25, 0.3) is 0 Å². The number of aryl methyl sites for hydroxylation is 1. The minimum absolute atomic E-state index is 0.752. The first-order valence-corrected chi connectivity index (χ1v) is 6.31. The van der Waals surface area contributed by atoms with E-state index in [1.165, 1.54) is 5.56 Å². The van der Waals surface area contributed by atoms with Gasteiger partial charge in [-0.2, -0.15) is 0 Å². The molecule has 0 radical (unpaired) electrons. The highest BCUT2D eigenvalue weighted by Crippen LogP contribution is 2.29. The fourth-order valence-corrected chi connectivity index (χ4v) is 2.10. The van der Waals surface area contributed by atoms with Gasteiger partial charge in [-0.1, -0.05) is 18.5 Å². The lowest BCUT2D eigenvalue weighted by atomic mass is 10.1. The van der Waals surface area contributed by atoms with Crippen LogP contribution in [0.15, 0.2) is 18.2 Å². The highest BCUT2D eigenvalue weighted by Gasteiger charge is 2.09. The molecule has 17 heavy (non-hydrogen) atoms. The van der Waals surface area contributed by atoms with Gasteiger partial charge in [-0.25, -0.2) is 0 Å². The number of rotatable bonds is 3. The molecule has 2 aromatic rings.